The van der Waals surface area contributed by atoms with Crippen molar-refractivity contribution in [2.75, 3.05) is 13.1 Å². The summed E-state index contributed by atoms with van der Waals surface area (Å²) in [5, 5.41) is 9.63. The van der Waals surface area contributed by atoms with E-state index >= 15 is 0 Å². The van der Waals surface area contributed by atoms with Crippen LogP contribution in [0.15, 0.2) is 110 Å². The molecule has 7 heteroatoms. The molecule has 7 rings (SSSR count). The van der Waals surface area contributed by atoms with Gasteiger partial charge in [-0.05, 0) is 52.8 Å². The maximum atomic E-state index is 13.1. The Bertz CT molecular complexity index is 1760. The number of aliphatic hydroxyl groups is 1. The molecule has 2 fully saturated rings. The molecule has 49 heavy (non-hydrogen) atoms. The largest absolute Gasteiger partial charge is 0.392 e. The quantitative estimate of drug-likeness (QED) is 0.131. The molecule has 4 aromatic carbocycles. The fourth-order valence-corrected chi connectivity index (χ4v) is 7.68. The minimum Gasteiger partial charge on any atom is -0.392 e. The van der Waals surface area contributed by atoms with Gasteiger partial charge in [0, 0.05) is 30.6 Å². The number of hydrogen-bond acceptors (Lipinski definition) is 6. The normalized spacial score (nSPS) is 22.6. The lowest BCUT2D eigenvalue weighted by Gasteiger charge is -2.43. The van der Waals surface area contributed by atoms with Gasteiger partial charge in [-0.2, -0.15) is 0 Å². The Morgan fingerprint density at radius 1 is 0.816 bits per heavy atom. The molecule has 7 nitrogen and oxygen atoms in total. The van der Waals surface area contributed by atoms with Gasteiger partial charge in [0.2, 0.25) is 0 Å². The summed E-state index contributed by atoms with van der Waals surface area (Å²) in [4.78, 5) is 30.1. The van der Waals surface area contributed by atoms with Crippen molar-refractivity contribution in [2.24, 2.45) is 5.92 Å². The van der Waals surface area contributed by atoms with Crippen LogP contribution in [-0.2, 0) is 22.6 Å². The molecule has 1 aliphatic carbocycles. The molecule has 252 valence electrons. The highest BCUT2D eigenvalue weighted by molar-refractivity contribution is 6.21. The lowest BCUT2D eigenvalue weighted by molar-refractivity contribution is -0.276. The molecule has 0 aromatic heterocycles. The number of rotatable bonds is 11. The van der Waals surface area contributed by atoms with Gasteiger partial charge < -0.3 is 14.6 Å². The third-order valence-corrected chi connectivity index (χ3v) is 10.5. The van der Waals surface area contributed by atoms with Crippen molar-refractivity contribution in [2.45, 2.75) is 70.3 Å². The molecule has 2 amide bonds. The Morgan fingerprint density at radius 3 is 2.06 bits per heavy atom. The van der Waals surface area contributed by atoms with Crippen LogP contribution in [0, 0.1) is 5.92 Å². The number of benzene rings is 4. The summed E-state index contributed by atoms with van der Waals surface area (Å²) in [6.07, 6.45) is 6.11. The average Bonchev–Trinajstić information content (AvgIpc) is 3.77. The van der Waals surface area contributed by atoms with Crippen LogP contribution in [0.5, 0.6) is 0 Å². The Morgan fingerprint density at radius 2 is 1.43 bits per heavy atom. The number of nitrogens with zero attached hydrogens (tertiary/aromatic N) is 2. The van der Waals surface area contributed by atoms with Crippen molar-refractivity contribution in [3.8, 4) is 11.1 Å². The molecule has 4 atom stereocenters. The van der Waals surface area contributed by atoms with Crippen molar-refractivity contribution >= 4 is 11.8 Å². The number of hydrogen-bond donors (Lipinski definition) is 1. The Balaban J connectivity index is 1.14. The van der Waals surface area contributed by atoms with Crippen LogP contribution < -0.4 is 0 Å². The molecule has 3 aliphatic rings. The van der Waals surface area contributed by atoms with Gasteiger partial charge in [0.25, 0.3) is 11.8 Å². The van der Waals surface area contributed by atoms with E-state index in [0.29, 0.717) is 17.2 Å². The van der Waals surface area contributed by atoms with Gasteiger partial charge in [-0.25, -0.2) is 0 Å². The zero-order valence-electron chi connectivity index (χ0n) is 28.0. The molecule has 2 heterocycles. The number of aliphatic hydroxyl groups excluding tert-OH is 1. The first-order chi connectivity index (χ1) is 23.9. The Labute approximate surface area is 288 Å². The van der Waals surface area contributed by atoms with Crippen molar-refractivity contribution < 1.29 is 24.2 Å². The molecule has 1 saturated carbocycles. The van der Waals surface area contributed by atoms with Crippen molar-refractivity contribution in [3.63, 3.8) is 0 Å². The summed E-state index contributed by atoms with van der Waals surface area (Å²) < 4.78 is 13.6. The topological polar surface area (TPSA) is 79.3 Å². The molecular weight excluding hydrogens is 612 g/mol. The summed E-state index contributed by atoms with van der Waals surface area (Å²) >= 11 is 0. The van der Waals surface area contributed by atoms with E-state index < -0.39 is 6.29 Å². The average molecular weight is 657 g/mol. The van der Waals surface area contributed by atoms with Gasteiger partial charge in [0.1, 0.15) is 0 Å². The second-order valence-corrected chi connectivity index (χ2v) is 13.5. The number of carbonyl (C=O) groups excluding carboxylic acids is 2. The summed E-state index contributed by atoms with van der Waals surface area (Å²) in [5.41, 5.74) is 6.59. The fraction of sp³-hybridized carbons (Fsp3) is 0.333. The summed E-state index contributed by atoms with van der Waals surface area (Å²) in [6, 6.07) is 31.7. The predicted octanol–water partition coefficient (Wildman–Crippen LogP) is 7.86. The predicted molar refractivity (Wildman–Crippen MR) is 190 cm³/mol. The van der Waals surface area contributed by atoms with E-state index in [-0.39, 0.29) is 43.1 Å². The van der Waals surface area contributed by atoms with E-state index in [0.717, 1.165) is 46.5 Å². The monoisotopic (exact) mass is 656 g/mol. The van der Waals surface area contributed by atoms with Crippen molar-refractivity contribution in [3.05, 3.63) is 143 Å². The SMILES string of the molecule is C=CCN(CC1OC(c2ccc(-c3ccccc3CN3C(=O)c4ccccc4C3=O)cc2)OC(c2ccc(CO)cc2)C1C)C1CCCC1. The van der Waals surface area contributed by atoms with Gasteiger partial charge in [-0.3, -0.25) is 19.4 Å². The zero-order valence-corrected chi connectivity index (χ0v) is 28.0. The lowest BCUT2D eigenvalue weighted by atomic mass is 9.89. The second-order valence-electron chi connectivity index (χ2n) is 13.5. The molecule has 0 radical (unpaired) electrons. The van der Waals surface area contributed by atoms with E-state index in [2.05, 4.69) is 54.8 Å². The fourth-order valence-electron chi connectivity index (χ4n) is 7.68. The van der Waals surface area contributed by atoms with E-state index in [1.165, 1.54) is 30.6 Å². The van der Waals surface area contributed by atoms with Crippen molar-refractivity contribution in [1.29, 1.82) is 0 Å². The van der Waals surface area contributed by atoms with Crippen LogP contribution in [0.25, 0.3) is 11.1 Å². The minimum absolute atomic E-state index is 0.00138. The summed E-state index contributed by atoms with van der Waals surface area (Å²) in [7, 11) is 0. The number of amides is 2. The first-order valence-corrected chi connectivity index (χ1v) is 17.4. The third-order valence-electron chi connectivity index (χ3n) is 10.5. The van der Waals surface area contributed by atoms with Gasteiger partial charge in [0.05, 0.1) is 36.5 Å². The van der Waals surface area contributed by atoms with E-state index in [1.54, 1.807) is 24.3 Å². The zero-order chi connectivity index (χ0) is 33.9. The van der Waals surface area contributed by atoms with Crippen LogP contribution in [0.1, 0.15) is 88.0 Å². The lowest BCUT2D eigenvalue weighted by Crippen LogP contribution is -2.47. The molecule has 1 saturated heterocycles. The van der Waals surface area contributed by atoms with E-state index in [1.807, 2.05) is 42.5 Å². The van der Waals surface area contributed by atoms with Crippen LogP contribution in [0.2, 0.25) is 0 Å². The maximum absolute atomic E-state index is 13.1. The molecule has 0 spiro atoms. The van der Waals surface area contributed by atoms with Crippen LogP contribution in [0.4, 0.5) is 0 Å². The highest BCUT2D eigenvalue weighted by atomic mass is 16.7. The van der Waals surface area contributed by atoms with E-state index in [4.69, 9.17) is 9.47 Å². The molecule has 0 bridgehead atoms. The van der Waals surface area contributed by atoms with E-state index in [9.17, 15) is 14.7 Å². The Hall–Kier alpha value is -4.40. The first-order valence-electron chi connectivity index (χ1n) is 17.4. The maximum Gasteiger partial charge on any atom is 0.261 e. The molecular formula is C42H44N2O5. The molecule has 4 aromatic rings. The Kier molecular flexibility index (Phi) is 9.87. The number of ether oxygens (including phenoxy) is 2. The first kappa shape index (κ1) is 33.1. The van der Waals surface area contributed by atoms with Crippen LogP contribution >= 0.6 is 0 Å². The highest BCUT2D eigenvalue weighted by Gasteiger charge is 2.40. The number of carbonyl (C=O) groups is 2. The summed E-state index contributed by atoms with van der Waals surface area (Å²) in [5.74, 6) is -0.430. The molecule has 1 N–H and O–H groups in total. The number of imide groups is 1. The van der Waals surface area contributed by atoms with Crippen LogP contribution in [0.3, 0.4) is 0 Å². The van der Waals surface area contributed by atoms with Gasteiger partial charge in [-0.15, -0.1) is 6.58 Å². The van der Waals surface area contributed by atoms with Crippen LogP contribution in [-0.4, -0.2) is 52.0 Å². The van der Waals surface area contributed by atoms with Gasteiger partial charge in [-0.1, -0.05) is 111 Å². The standard InChI is InChI=1S/C42H44N2O5/c1-3-24-43(34-11-5-6-12-34)26-38-28(2)39(31-18-16-29(27-45)17-19-31)49-42(48-38)32-22-20-30(21-23-32)35-13-7-4-10-33(35)25-44-40(46)36-14-8-9-15-37(36)41(44)47/h3-4,7-10,13-23,28,34,38-39,42,45H,1,5-6,11-12,24-27H2,2H3. The number of fused-ring (bicyclic) bond motifs is 1. The van der Waals surface area contributed by atoms with Gasteiger partial charge in [0.15, 0.2) is 6.29 Å². The summed E-state index contributed by atoms with van der Waals surface area (Å²) in [6.45, 7) is 8.07. The minimum atomic E-state index is -0.569. The smallest absolute Gasteiger partial charge is 0.261 e. The molecule has 2 aliphatic heterocycles. The highest BCUT2D eigenvalue weighted by Crippen LogP contribution is 2.43. The third kappa shape index (κ3) is 6.77. The van der Waals surface area contributed by atoms with Gasteiger partial charge >= 0.3 is 0 Å². The molecule has 4 unspecified atom stereocenters. The van der Waals surface area contributed by atoms with Crippen molar-refractivity contribution in [1.82, 2.24) is 9.80 Å². The second kappa shape index (κ2) is 14.6.